The van der Waals surface area contributed by atoms with E-state index in [9.17, 15) is 13.2 Å². The van der Waals surface area contributed by atoms with Gasteiger partial charge in [0.15, 0.2) is 9.84 Å². The maximum Gasteiger partial charge on any atom is 0.256 e. The molecule has 0 saturated heterocycles. The Bertz CT molecular complexity index is 780. The van der Waals surface area contributed by atoms with Crippen molar-refractivity contribution in [3.05, 3.63) is 35.5 Å². The highest BCUT2D eigenvalue weighted by molar-refractivity contribution is 7.90. The second-order valence-electron chi connectivity index (χ2n) is 4.64. The topological polar surface area (TPSA) is 118 Å². The van der Waals surface area contributed by atoms with E-state index in [1.165, 1.54) is 18.2 Å². The van der Waals surface area contributed by atoms with Gasteiger partial charge in [0.05, 0.1) is 11.1 Å². The summed E-state index contributed by atoms with van der Waals surface area (Å²) in [5.41, 5.74) is 6.90. The molecule has 0 unspecified atom stereocenters. The predicted molar refractivity (Wildman–Crippen MR) is 79.9 cm³/mol. The fourth-order valence-corrected chi connectivity index (χ4v) is 2.53. The third-order valence-corrected chi connectivity index (χ3v) is 4.05. The fourth-order valence-electron chi connectivity index (χ4n) is 1.84. The summed E-state index contributed by atoms with van der Waals surface area (Å²) in [6.07, 6.45) is 3.39. The number of anilines is 2. The quantitative estimate of drug-likeness (QED) is 0.734. The summed E-state index contributed by atoms with van der Waals surface area (Å²) in [5.74, 6) is 0.0389. The van der Waals surface area contributed by atoms with Gasteiger partial charge in [-0.05, 0) is 24.6 Å². The number of aromatic nitrogens is 2. The van der Waals surface area contributed by atoms with E-state index >= 15 is 0 Å². The van der Waals surface area contributed by atoms with Crippen LogP contribution in [0.5, 0.6) is 0 Å². The van der Waals surface area contributed by atoms with Crippen LogP contribution in [-0.4, -0.2) is 30.8 Å². The van der Waals surface area contributed by atoms with E-state index in [4.69, 9.17) is 5.73 Å². The maximum absolute atomic E-state index is 12.2. The first-order valence-corrected chi connectivity index (χ1v) is 8.14. The van der Waals surface area contributed by atoms with E-state index in [-0.39, 0.29) is 16.1 Å². The molecule has 2 rings (SSSR count). The minimum atomic E-state index is -3.44. The number of nitrogens with two attached hydrogens (primary N) is 1. The third-order valence-electron chi connectivity index (χ3n) is 2.96. The first-order chi connectivity index (χ1) is 9.81. The van der Waals surface area contributed by atoms with Crippen LogP contribution in [0.3, 0.4) is 0 Å². The number of carbonyl (C=O) groups is 1. The molecule has 0 bridgehead atoms. The van der Waals surface area contributed by atoms with Crippen LogP contribution in [0.25, 0.3) is 0 Å². The fraction of sp³-hybridized carbons (Fsp3) is 0.231. The van der Waals surface area contributed by atoms with Crippen molar-refractivity contribution >= 4 is 27.2 Å². The number of nitrogens with one attached hydrogen (secondary N) is 2. The Labute approximate surface area is 122 Å². The van der Waals surface area contributed by atoms with Crippen molar-refractivity contribution in [1.29, 1.82) is 0 Å². The van der Waals surface area contributed by atoms with Crippen molar-refractivity contribution in [2.45, 2.75) is 18.2 Å². The molecule has 8 heteroatoms. The lowest BCUT2D eigenvalue weighted by molar-refractivity contribution is 0.102. The van der Waals surface area contributed by atoms with Crippen LogP contribution in [0.4, 0.5) is 11.5 Å². The van der Waals surface area contributed by atoms with Gasteiger partial charge in [-0.25, -0.2) is 8.42 Å². The van der Waals surface area contributed by atoms with Gasteiger partial charge in [0.25, 0.3) is 5.91 Å². The van der Waals surface area contributed by atoms with Crippen molar-refractivity contribution in [3.63, 3.8) is 0 Å². The molecular formula is C13H16N4O3S. The second kappa shape index (κ2) is 5.57. The van der Waals surface area contributed by atoms with Gasteiger partial charge in [-0.15, -0.1) is 0 Å². The normalized spacial score (nSPS) is 11.3. The van der Waals surface area contributed by atoms with Crippen molar-refractivity contribution in [1.82, 2.24) is 10.2 Å². The monoisotopic (exact) mass is 308 g/mol. The number of benzene rings is 1. The Morgan fingerprint density at radius 1 is 1.38 bits per heavy atom. The molecule has 112 valence electrons. The van der Waals surface area contributed by atoms with Crippen molar-refractivity contribution in [2.24, 2.45) is 0 Å². The number of nitrogens with zero attached hydrogens (tertiary/aromatic N) is 1. The lowest BCUT2D eigenvalue weighted by Gasteiger charge is -2.07. The van der Waals surface area contributed by atoms with E-state index in [2.05, 4.69) is 15.5 Å². The number of H-pyrrole nitrogens is 1. The first kappa shape index (κ1) is 15.0. The molecule has 0 aliphatic carbocycles. The summed E-state index contributed by atoms with van der Waals surface area (Å²) in [5, 5.41) is 9.20. The van der Waals surface area contributed by atoms with E-state index in [0.717, 1.165) is 11.8 Å². The smallest absolute Gasteiger partial charge is 0.256 e. The summed E-state index contributed by atoms with van der Waals surface area (Å²) < 4.78 is 23.1. The molecule has 0 radical (unpaired) electrons. The highest BCUT2D eigenvalue weighted by Crippen LogP contribution is 2.19. The van der Waals surface area contributed by atoms with Gasteiger partial charge in [0.2, 0.25) is 0 Å². The Kier molecular flexibility index (Phi) is 3.99. The summed E-state index contributed by atoms with van der Waals surface area (Å²) in [4.78, 5) is 12.2. The van der Waals surface area contributed by atoms with Gasteiger partial charge in [-0.3, -0.25) is 9.89 Å². The number of aryl methyl sites for hydroxylation is 1. The Hall–Kier alpha value is -2.35. The number of sulfone groups is 1. The molecule has 0 fully saturated rings. The van der Waals surface area contributed by atoms with E-state index < -0.39 is 15.7 Å². The molecule has 1 aromatic carbocycles. The van der Waals surface area contributed by atoms with Crippen LogP contribution in [-0.2, 0) is 16.3 Å². The summed E-state index contributed by atoms with van der Waals surface area (Å²) in [7, 11) is -3.44. The van der Waals surface area contributed by atoms with E-state index in [1.54, 1.807) is 6.20 Å². The lowest BCUT2D eigenvalue weighted by Crippen LogP contribution is -2.14. The highest BCUT2D eigenvalue weighted by Gasteiger charge is 2.15. The molecule has 0 aliphatic rings. The van der Waals surface area contributed by atoms with Gasteiger partial charge in [0, 0.05) is 23.1 Å². The molecular weight excluding hydrogens is 292 g/mol. The molecule has 1 aromatic heterocycles. The van der Waals surface area contributed by atoms with Crippen LogP contribution in [0.2, 0.25) is 0 Å². The molecule has 21 heavy (non-hydrogen) atoms. The molecule has 1 amide bonds. The second-order valence-corrected chi connectivity index (χ2v) is 6.66. The van der Waals surface area contributed by atoms with E-state index in [0.29, 0.717) is 12.2 Å². The van der Waals surface area contributed by atoms with Gasteiger partial charge in [-0.2, -0.15) is 5.10 Å². The van der Waals surface area contributed by atoms with Crippen LogP contribution < -0.4 is 11.1 Å². The molecule has 0 spiro atoms. The SMILES string of the molecule is CCc1cn[nH]c1NC(=O)c1cc(N)cc(S(C)(=O)=O)c1. The molecule has 0 atom stereocenters. The van der Waals surface area contributed by atoms with Crippen LogP contribution in [0.1, 0.15) is 22.8 Å². The van der Waals surface area contributed by atoms with Crippen LogP contribution in [0, 0.1) is 0 Å². The van der Waals surface area contributed by atoms with Crippen molar-refractivity contribution < 1.29 is 13.2 Å². The van der Waals surface area contributed by atoms with Crippen LogP contribution >= 0.6 is 0 Å². The van der Waals surface area contributed by atoms with Crippen LogP contribution in [0.15, 0.2) is 29.3 Å². The number of nitrogen functional groups attached to an aromatic ring is 1. The highest BCUT2D eigenvalue weighted by atomic mass is 32.2. The molecule has 0 saturated carbocycles. The molecule has 7 nitrogen and oxygen atoms in total. The number of hydrogen-bond acceptors (Lipinski definition) is 5. The third kappa shape index (κ3) is 3.40. The number of hydrogen-bond donors (Lipinski definition) is 3. The summed E-state index contributed by atoms with van der Waals surface area (Å²) in [6, 6.07) is 4.04. The van der Waals surface area contributed by atoms with Crippen molar-refractivity contribution in [2.75, 3.05) is 17.3 Å². The number of amides is 1. The Morgan fingerprint density at radius 3 is 2.71 bits per heavy atom. The zero-order valence-corrected chi connectivity index (χ0v) is 12.5. The average Bonchev–Trinajstić information content (AvgIpc) is 2.84. The first-order valence-electron chi connectivity index (χ1n) is 6.25. The number of rotatable bonds is 4. The van der Waals surface area contributed by atoms with Gasteiger partial charge < -0.3 is 11.1 Å². The van der Waals surface area contributed by atoms with Crippen molar-refractivity contribution in [3.8, 4) is 0 Å². The number of aromatic amines is 1. The zero-order valence-electron chi connectivity index (χ0n) is 11.7. The zero-order chi connectivity index (χ0) is 15.6. The van der Waals surface area contributed by atoms with Gasteiger partial charge in [-0.1, -0.05) is 6.92 Å². The molecule has 2 aromatic rings. The summed E-state index contributed by atoms with van der Waals surface area (Å²) in [6.45, 7) is 1.93. The standard InChI is InChI=1S/C13H16N4O3S/c1-3-8-7-15-17-12(8)16-13(18)9-4-10(14)6-11(5-9)21(2,19)20/h4-7H,3,14H2,1-2H3,(H2,15,16,17,18). The molecule has 0 aliphatic heterocycles. The molecule has 1 heterocycles. The molecule has 4 N–H and O–H groups in total. The Balaban J connectivity index is 2.34. The van der Waals surface area contributed by atoms with Gasteiger partial charge in [0.1, 0.15) is 5.82 Å². The minimum Gasteiger partial charge on any atom is -0.399 e. The lowest BCUT2D eigenvalue weighted by atomic mass is 10.2. The van der Waals surface area contributed by atoms with Gasteiger partial charge >= 0.3 is 0 Å². The summed E-state index contributed by atoms with van der Waals surface area (Å²) >= 11 is 0. The maximum atomic E-state index is 12.2. The minimum absolute atomic E-state index is 0.00738. The largest absolute Gasteiger partial charge is 0.399 e. The van der Waals surface area contributed by atoms with E-state index in [1.807, 2.05) is 6.92 Å². The number of carbonyl (C=O) groups excluding carboxylic acids is 1. The Morgan fingerprint density at radius 2 is 2.10 bits per heavy atom. The average molecular weight is 308 g/mol. The predicted octanol–water partition coefficient (Wildman–Crippen LogP) is 1.21.